The highest BCUT2D eigenvalue weighted by molar-refractivity contribution is 8.93. The molecule has 0 spiro atoms. The first-order valence-corrected chi connectivity index (χ1v) is 5.81. The topological polar surface area (TPSA) is 26.5 Å². The fourth-order valence-corrected chi connectivity index (χ4v) is 2.33. The van der Waals surface area contributed by atoms with Gasteiger partial charge >= 0.3 is 0 Å². The summed E-state index contributed by atoms with van der Waals surface area (Å²) >= 11 is 1.64. The number of halogens is 1. The van der Waals surface area contributed by atoms with Crippen LogP contribution in [0.2, 0.25) is 0 Å². The summed E-state index contributed by atoms with van der Waals surface area (Å²) in [4.78, 5) is 5.56. The molecule has 3 aromatic rings. The van der Waals surface area contributed by atoms with Crippen molar-refractivity contribution in [2.75, 3.05) is 7.11 Å². The van der Waals surface area contributed by atoms with Gasteiger partial charge in [-0.15, -0.1) is 28.3 Å². The van der Waals surface area contributed by atoms with Crippen molar-refractivity contribution in [1.82, 2.24) is 9.38 Å². The van der Waals surface area contributed by atoms with Crippen molar-refractivity contribution in [2.45, 2.75) is 0 Å². The minimum absolute atomic E-state index is 0. The van der Waals surface area contributed by atoms with Crippen LogP contribution in [-0.4, -0.2) is 16.5 Å². The SMILES string of the molecule is Br.COc1ccc(-c2cn3ccsc3n2)cc1. The summed E-state index contributed by atoms with van der Waals surface area (Å²) < 4.78 is 7.16. The van der Waals surface area contributed by atoms with E-state index in [4.69, 9.17) is 4.74 Å². The predicted molar refractivity (Wildman–Crippen MR) is 75.4 cm³/mol. The van der Waals surface area contributed by atoms with Gasteiger partial charge in [-0.3, -0.25) is 4.40 Å². The van der Waals surface area contributed by atoms with Crippen LogP contribution in [0.4, 0.5) is 0 Å². The van der Waals surface area contributed by atoms with E-state index in [1.54, 1.807) is 18.4 Å². The lowest BCUT2D eigenvalue weighted by Crippen LogP contribution is -1.82. The Labute approximate surface area is 113 Å². The van der Waals surface area contributed by atoms with Crippen LogP contribution in [0.25, 0.3) is 16.2 Å². The van der Waals surface area contributed by atoms with Gasteiger partial charge in [-0.25, -0.2) is 4.98 Å². The summed E-state index contributed by atoms with van der Waals surface area (Å²) in [6.45, 7) is 0. The summed E-state index contributed by atoms with van der Waals surface area (Å²) in [6.07, 6.45) is 4.05. The minimum Gasteiger partial charge on any atom is -0.497 e. The van der Waals surface area contributed by atoms with Crippen LogP contribution in [0.15, 0.2) is 42.0 Å². The molecule has 0 fully saturated rings. The number of ether oxygens (including phenoxy) is 1. The molecule has 0 aliphatic rings. The van der Waals surface area contributed by atoms with E-state index in [9.17, 15) is 0 Å². The normalized spacial score (nSPS) is 10.2. The third-order valence-corrected chi connectivity index (χ3v) is 3.25. The summed E-state index contributed by atoms with van der Waals surface area (Å²) in [5.74, 6) is 0.866. The first-order chi connectivity index (χ1) is 7.86. The zero-order valence-electron chi connectivity index (χ0n) is 9.16. The highest BCUT2D eigenvalue weighted by Gasteiger charge is 2.04. The van der Waals surface area contributed by atoms with Crippen LogP contribution < -0.4 is 4.74 Å². The molecule has 2 aromatic heterocycles. The van der Waals surface area contributed by atoms with Crippen LogP contribution in [0.1, 0.15) is 0 Å². The van der Waals surface area contributed by atoms with Gasteiger partial charge in [-0.05, 0) is 24.3 Å². The van der Waals surface area contributed by atoms with Crippen LogP contribution in [0, 0.1) is 0 Å². The molecule has 2 heterocycles. The van der Waals surface area contributed by atoms with Crippen molar-refractivity contribution in [3.8, 4) is 17.0 Å². The lowest BCUT2D eigenvalue weighted by Gasteiger charge is -1.99. The number of rotatable bonds is 2. The molecule has 0 aliphatic heterocycles. The molecule has 88 valence electrons. The number of thiazole rings is 1. The second kappa shape index (κ2) is 4.89. The minimum atomic E-state index is 0. The average molecular weight is 311 g/mol. The number of hydrogen-bond donors (Lipinski definition) is 0. The van der Waals surface area contributed by atoms with Crippen LogP contribution in [0.3, 0.4) is 0 Å². The van der Waals surface area contributed by atoms with Crippen molar-refractivity contribution in [3.63, 3.8) is 0 Å². The molecule has 0 saturated heterocycles. The first-order valence-electron chi connectivity index (χ1n) is 4.93. The second-order valence-electron chi connectivity index (χ2n) is 3.45. The first kappa shape index (κ1) is 12.1. The zero-order chi connectivity index (χ0) is 11.0. The van der Waals surface area contributed by atoms with Gasteiger partial charge in [0.1, 0.15) is 5.75 Å². The van der Waals surface area contributed by atoms with Crippen molar-refractivity contribution < 1.29 is 4.74 Å². The average Bonchev–Trinajstić information content (AvgIpc) is 2.89. The highest BCUT2D eigenvalue weighted by Crippen LogP contribution is 2.23. The molecule has 0 unspecified atom stereocenters. The summed E-state index contributed by atoms with van der Waals surface area (Å²) in [5, 5.41) is 2.03. The molecular formula is C12H11BrN2OS. The highest BCUT2D eigenvalue weighted by atomic mass is 79.9. The van der Waals surface area contributed by atoms with Gasteiger partial charge in [0.05, 0.1) is 12.8 Å². The van der Waals surface area contributed by atoms with Gasteiger partial charge in [0.25, 0.3) is 0 Å². The van der Waals surface area contributed by atoms with Gasteiger partial charge in [0.2, 0.25) is 0 Å². The largest absolute Gasteiger partial charge is 0.497 e. The van der Waals surface area contributed by atoms with E-state index in [-0.39, 0.29) is 17.0 Å². The van der Waals surface area contributed by atoms with Gasteiger partial charge in [-0.1, -0.05) is 0 Å². The predicted octanol–water partition coefficient (Wildman–Crippen LogP) is 3.65. The second-order valence-corrected chi connectivity index (χ2v) is 4.32. The van der Waals surface area contributed by atoms with Gasteiger partial charge in [0.15, 0.2) is 4.96 Å². The summed E-state index contributed by atoms with van der Waals surface area (Å²) in [6, 6.07) is 7.93. The zero-order valence-corrected chi connectivity index (χ0v) is 11.7. The Hall–Kier alpha value is -1.33. The third-order valence-electron chi connectivity index (χ3n) is 2.48. The summed E-state index contributed by atoms with van der Waals surface area (Å²) in [7, 11) is 1.67. The van der Waals surface area contributed by atoms with Crippen LogP contribution in [0.5, 0.6) is 5.75 Å². The van der Waals surface area contributed by atoms with Crippen molar-refractivity contribution in [3.05, 3.63) is 42.0 Å². The van der Waals surface area contributed by atoms with E-state index >= 15 is 0 Å². The van der Waals surface area contributed by atoms with Crippen molar-refractivity contribution in [1.29, 1.82) is 0 Å². The molecule has 5 heteroatoms. The Morgan fingerprint density at radius 3 is 2.65 bits per heavy atom. The van der Waals surface area contributed by atoms with E-state index in [0.29, 0.717) is 0 Å². The number of aromatic nitrogens is 2. The number of benzene rings is 1. The molecule has 0 bridgehead atoms. The van der Waals surface area contributed by atoms with E-state index in [1.807, 2.05) is 46.4 Å². The maximum Gasteiger partial charge on any atom is 0.194 e. The van der Waals surface area contributed by atoms with E-state index in [1.165, 1.54) is 0 Å². The Balaban J connectivity index is 0.00000108. The molecule has 0 radical (unpaired) electrons. The lowest BCUT2D eigenvalue weighted by molar-refractivity contribution is 0.415. The maximum atomic E-state index is 5.13. The molecule has 0 N–H and O–H groups in total. The van der Waals surface area contributed by atoms with Crippen LogP contribution >= 0.6 is 28.3 Å². The Bertz CT molecular complexity index is 586. The fraction of sp³-hybridized carbons (Fsp3) is 0.0833. The monoisotopic (exact) mass is 310 g/mol. The van der Waals surface area contributed by atoms with Crippen LogP contribution in [-0.2, 0) is 0 Å². The molecule has 1 aromatic carbocycles. The number of imidazole rings is 1. The molecular weight excluding hydrogens is 300 g/mol. The Kier molecular flexibility index (Phi) is 3.49. The smallest absolute Gasteiger partial charge is 0.194 e. The standard InChI is InChI=1S/C12H10N2OS.BrH/c1-15-10-4-2-9(3-5-10)11-8-14-6-7-16-12(14)13-11;/h2-8H,1H3;1H. The maximum absolute atomic E-state index is 5.13. The Morgan fingerprint density at radius 2 is 2.00 bits per heavy atom. The quantitative estimate of drug-likeness (QED) is 0.722. The number of hydrogen-bond acceptors (Lipinski definition) is 3. The van der Waals surface area contributed by atoms with Gasteiger partial charge in [0, 0.05) is 23.3 Å². The molecule has 0 aliphatic carbocycles. The lowest BCUT2D eigenvalue weighted by atomic mass is 10.2. The molecule has 0 atom stereocenters. The van der Waals surface area contributed by atoms with E-state index in [2.05, 4.69) is 4.98 Å². The third kappa shape index (κ3) is 2.21. The van der Waals surface area contributed by atoms with E-state index < -0.39 is 0 Å². The van der Waals surface area contributed by atoms with Gasteiger partial charge < -0.3 is 4.74 Å². The molecule has 0 saturated carbocycles. The Morgan fingerprint density at radius 1 is 1.24 bits per heavy atom. The molecule has 3 rings (SSSR count). The van der Waals surface area contributed by atoms with Crippen molar-refractivity contribution in [2.24, 2.45) is 0 Å². The number of methoxy groups -OCH3 is 1. The van der Waals surface area contributed by atoms with Gasteiger partial charge in [-0.2, -0.15) is 0 Å². The fourth-order valence-electron chi connectivity index (χ4n) is 1.63. The number of fused-ring (bicyclic) bond motifs is 1. The van der Waals surface area contributed by atoms with E-state index in [0.717, 1.165) is 22.0 Å². The summed E-state index contributed by atoms with van der Waals surface area (Å²) in [5.41, 5.74) is 2.10. The van der Waals surface area contributed by atoms with Crippen molar-refractivity contribution >= 4 is 33.3 Å². The molecule has 3 nitrogen and oxygen atoms in total. The molecule has 0 amide bonds. The number of nitrogens with zero attached hydrogens (tertiary/aromatic N) is 2. The molecule has 17 heavy (non-hydrogen) atoms.